The van der Waals surface area contributed by atoms with Gasteiger partial charge in [-0.15, -0.1) is 0 Å². The van der Waals surface area contributed by atoms with Crippen molar-refractivity contribution in [3.05, 3.63) is 23.9 Å². The molecule has 0 atom stereocenters. The van der Waals surface area contributed by atoms with E-state index in [2.05, 4.69) is 4.98 Å². The summed E-state index contributed by atoms with van der Waals surface area (Å²) < 4.78 is 4.90. The molecule has 0 amide bonds. The molecule has 0 aliphatic heterocycles. The van der Waals surface area contributed by atoms with E-state index in [4.69, 9.17) is 4.74 Å². The van der Waals surface area contributed by atoms with Crippen molar-refractivity contribution < 1.29 is 14.3 Å². The van der Waals surface area contributed by atoms with Crippen LogP contribution in [0.25, 0.3) is 0 Å². The fourth-order valence-corrected chi connectivity index (χ4v) is 1.09. The number of ether oxygens (including phenoxy) is 1. The quantitative estimate of drug-likeness (QED) is 0.533. The van der Waals surface area contributed by atoms with Gasteiger partial charge in [0.05, 0.1) is 19.1 Å². The Bertz CT molecular complexity index is 360. The number of hydrogen-bond acceptors (Lipinski definition) is 4. The molecule has 0 spiro atoms. The lowest BCUT2D eigenvalue weighted by Gasteiger charge is -2.03. The Morgan fingerprint density at radius 1 is 1.50 bits per heavy atom. The van der Waals surface area contributed by atoms with Crippen LogP contribution in [0.2, 0.25) is 0 Å². The predicted molar refractivity (Wildman–Crippen MR) is 50.4 cm³/mol. The molecule has 0 saturated heterocycles. The van der Waals surface area contributed by atoms with Gasteiger partial charge in [-0.05, 0) is 19.1 Å². The average molecular weight is 193 g/mol. The lowest BCUT2D eigenvalue weighted by atomic mass is 10.1. The molecule has 4 heteroatoms. The zero-order valence-corrected chi connectivity index (χ0v) is 8.11. The van der Waals surface area contributed by atoms with Crippen molar-refractivity contribution >= 4 is 11.6 Å². The highest BCUT2D eigenvalue weighted by Crippen LogP contribution is 2.15. The van der Waals surface area contributed by atoms with E-state index < -0.39 is 0 Å². The van der Waals surface area contributed by atoms with Crippen LogP contribution < -0.4 is 4.74 Å². The Kier molecular flexibility index (Phi) is 3.34. The molecule has 0 radical (unpaired) electrons. The van der Waals surface area contributed by atoms with E-state index >= 15 is 0 Å². The Balaban J connectivity index is 2.94. The molecule has 4 nitrogen and oxygen atoms in total. The number of pyridine rings is 1. The van der Waals surface area contributed by atoms with Crippen LogP contribution in [0.1, 0.15) is 23.7 Å². The molecule has 0 fully saturated rings. The summed E-state index contributed by atoms with van der Waals surface area (Å²) in [5.41, 5.74) is 0.352. The van der Waals surface area contributed by atoms with Gasteiger partial charge in [0.25, 0.3) is 0 Å². The molecule has 0 bridgehead atoms. The normalized spacial score (nSPS) is 9.57. The second-order valence-electron chi connectivity index (χ2n) is 2.86. The zero-order valence-electron chi connectivity index (χ0n) is 8.11. The zero-order chi connectivity index (χ0) is 10.6. The van der Waals surface area contributed by atoms with Gasteiger partial charge in [-0.2, -0.15) is 0 Å². The first-order valence-electron chi connectivity index (χ1n) is 4.16. The largest absolute Gasteiger partial charge is 0.480 e. The van der Waals surface area contributed by atoms with Crippen LogP contribution in [0.5, 0.6) is 5.88 Å². The number of ketones is 2. The lowest BCUT2D eigenvalue weighted by molar-refractivity contribution is -0.116. The van der Waals surface area contributed by atoms with Crippen molar-refractivity contribution in [1.29, 1.82) is 0 Å². The van der Waals surface area contributed by atoms with Gasteiger partial charge in [-0.25, -0.2) is 4.98 Å². The Morgan fingerprint density at radius 3 is 2.79 bits per heavy atom. The molecular weight excluding hydrogens is 182 g/mol. The molecule has 14 heavy (non-hydrogen) atoms. The minimum absolute atomic E-state index is 0.109. The second kappa shape index (κ2) is 4.50. The highest BCUT2D eigenvalue weighted by atomic mass is 16.5. The van der Waals surface area contributed by atoms with Crippen LogP contribution in [-0.4, -0.2) is 23.7 Å². The topological polar surface area (TPSA) is 56.3 Å². The maximum Gasteiger partial charge on any atom is 0.224 e. The average Bonchev–Trinajstić information content (AvgIpc) is 2.16. The molecule has 0 N–H and O–H groups in total. The van der Waals surface area contributed by atoms with Crippen LogP contribution in [0, 0.1) is 0 Å². The van der Waals surface area contributed by atoms with E-state index in [1.807, 2.05) is 0 Å². The molecule has 1 aromatic heterocycles. The van der Waals surface area contributed by atoms with E-state index in [0.717, 1.165) is 0 Å². The van der Waals surface area contributed by atoms with Crippen molar-refractivity contribution in [2.45, 2.75) is 13.3 Å². The minimum Gasteiger partial charge on any atom is -0.480 e. The summed E-state index contributed by atoms with van der Waals surface area (Å²) in [5.74, 6) is -0.165. The van der Waals surface area contributed by atoms with Gasteiger partial charge in [0.1, 0.15) is 5.78 Å². The van der Waals surface area contributed by atoms with Crippen molar-refractivity contribution in [3.63, 3.8) is 0 Å². The molecule has 1 heterocycles. The molecule has 74 valence electrons. The number of rotatable bonds is 4. The fourth-order valence-electron chi connectivity index (χ4n) is 1.09. The van der Waals surface area contributed by atoms with E-state index in [9.17, 15) is 9.59 Å². The maximum absolute atomic E-state index is 11.5. The Hall–Kier alpha value is -1.71. The molecule has 0 saturated carbocycles. The summed E-state index contributed by atoms with van der Waals surface area (Å²) in [6.07, 6.45) is 1.42. The number of aromatic nitrogens is 1. The van der Waals surface area contributed by atoms with Crippen LogP contribution in [0.15, 0.2) is 18.3 Å². The summed E-state index contributed by atoms with van der Waals surface area (Å²) in [6, 6.07) is 3.23. The van der Waals surface area contributed by atoms with E-state index in [1.165, 1.54) is 20.2 Å². The number of carbonyl (C=O) groups is 2. The minimum atomic E-state index is -0.262. The van der Waals surface area contributed by atoms with Gasteiger partial charge in [0, 0.05) is 6.20 Å². The molecule has 0 aliphatic carbocycles. The van der Waals surface area contributed by atoms with Crippen molar-refractivity contribution in [2.24, 2.45) is 0 Å². The lowest BCUT2D eigenvalue weighted by Crippen LogP contribution is -2.07. The van der Waals surface area contributed by atoms with Crippen LogP contribution in [0.3, 0.4) is 0 Å². The third kappa shape index (κ3) is 2.39. The first-order valence-corrected chi connectivity index (χ1v) is 4.16. The molecule has 1 rings (SSSR count). The van der Waals surface area contributed by atoms with E-state index in [-0.39, 0.29) is 23.9 Å². The number of hydrogen-bond donors (Lipinski definition) is 0. The van der Waals surface area contributed by atoms with Gasteiger partial charge >= 0.3 is 0 Å². The summed E-state index contributed by atoms with van der Waals surface area (Å²) in [7, 11) is 1.44. The monoisotopic (exact) mass is 193 g/mol. The molecular formula is C10H11NO3. The summed E-state index contributed by atoms with van der Waals surface area (Å²) in [4.78, 5) is 26.1. The van der Waals surface area contributed by atoms with Crippen LogP contribution in [-0.2, 0) is 4.79 Å². The third-order valence-electron chi connectivity index (χ3n) is 1.67. The molecule has 0 unspecified atom stereocenters. The van der Waals surface area contributed by atoms with Gasteiger partial charge < -0.3 is 4.74 Å². The van der Waals surface area contributed by atoms with Gasteiger partial charge in [-0.1, -0.05) is 0 Å². The number of Topliss-reactive ketones (excluding diaryl/α,β-unsaturated/α-hetero) is 2. The Labute approximate surface area is 81.9 Å². The molecule has 0 aromatic carbocycles. The van der Waals surface area contributed by atoms with E-state index in [0.29, 0.717) is 5.56 Å². The highest BCUT2D eigenvalue weighted by Gasteiger charge is 2.13. The van der Waals surface area contributed by atoms with Crippen LogP contribution in [0.4, 0.5) is 0 Å². The van der Waals surface area contributed by atoms with Gasteiger partial charge in [-0.3, -0.25) is 9.59 Å². The first-order chi connectivity index (χ1) is 6.65. The number of carbonyl (C=O) groups excluding carboxylic acids is 2. The predicted octanol–water partition coefficient (Wildman–Crippen LogP) is 1.25. The van der Waals surface area contributed by atoms with Gasteiger partial charge in [0.15, 0.2) is 5.78 Å². The SMILES string of the molecule is COc1ncccc1C(=O)CC(C)=O. The fraction of sp³-hybridized carbons (Fsp3) is 0.300. The van der Waals surface area contributed by atoms with E-state index in [1.54, 1.807) is 12.1 Å². The standard InChI is InChI=1S/C10H11NO3/c1-7(12)6-9(13)8-4-3-5-11-10(8)14-2/h3-5H,6H2,1-2H3. The highest BCUT2D eigenvalue weighted by molar-refractivity contribution is 6.08. The van der Waals surface area contributed by atoms with Crippen molar-refractivity contribution in [3.8, 4) is 5.88 Å². The first kappa shape index (κ1) is 10.4. The summed E-state index contributed by atoms with van der Waals surface area (Å²) >= 11 is 0. The molecule has 0 aliphatic rings. The maximum atomic E-state index is 11.5. The Morgan fingerprint density at radius 2 is 2.21 bits per heavy atom. The van der Waals surface area contributed by atoms with Crippen molar-refractivity contribution in [2.75, 3.05) is 7.11 Å². The van der Waals surface area contributed by atoms with Crippen LogP contribution >= 0.6 is 0 Å². The second-order valence-corrected chi connectivity index (χ2v) is 2.86. The number of nitrogens with zero attached hydrogens (tertiary/aromatic N) is 1. The number of methoxy groups -OCH3 is 1. The molecule has 1 aromatic rings. The van der Waals surface area contributed by atoms with Gasteiger partial charge in [0.2, 0.25) is 5.88 Å². The summed E-state index contributed by atoms with van der Waals surface area (Å²) in [5, 5.41) is 0. The van der Waals surface area contributed by atoms with Crippen molar-refractivity contribution in [1.82, 2.24) is 4.98 Å². The third-order valence-corrected chi connectivity index (χ3v) is 1.67. The smallest absolute Gasteiger partial charge is 0.224 e. The summed E-state index contributed by atoms with van der Waals surface area (Å²) in [6.45, 7) is 1.38.